The van der Waals surface area contributed by atoms with E-state index >= 15 is 0 Å². The first-order valence-corrected chi connectivity index (χ1v) is 8.24. The van der Waals surface area contributed by atoms with Crippen LogP contribution in [0.15, 0.2) is 40.1 Å². The maximum atomic E-state index is 12.1. The highest BCUT2D eigenvalue weighted by molar-refractivity contribution is 7.13. The number of aryl methyl sites for hydroxylation is 2. The fourth-order valence-electron chi connectivity index (χ4n) is 2.17. The van der Waals surface area contributed by atoms with Crippen molar-refractivity contribution in [3.8, 4) is 10.8 Å². The van der Waals surface area contributed by atoms with Gasteiger partial charge in [0.05, 0.1) is 4.88 Å². The normalized spacial score (nSPS) is 10.7. The molecule has 0 unspecified atom stereocenters. The highest BCUT2D eigenvalue weighted by Crippen LogP contribution is 2.23. The quantitative estimate of drug-likeness (QED) is 0.769. The molecule has 0 saturated carbocycles. The van der Waals surface area contributed by atoms with Crippen molar-refractivity contribution in [2.24, 2.45) is 0 Å². The molecule has 0 aliphatic rings. The smallest absolute Gasteiger partial charge is 0.257 e. The van der Waals surface area contributed by atoms with Crippen LogP contribution in [-0.2, 0) is 11.2 Å². The molecule has 0 aliphatic heterocycles. The highest BCUT2D eigenvalue weighted by Gasteiger charge is 2.12. The summed E-state index contributed by atoms with van der Waals surface area (Å²) in [4.78, 5) is 13.0. The summed E-state index contributed by atoms with van der Waals surface area (Å²) in [5.74, 6) is 0.920. The van der Waals surface area contributed by atoms with Gasteiger partial charge in [0.15, 0.2) is 0 Å². The van der Waals surface area contributed by atoms with Crippen LogP contribution < -0.4 is 5.32 Å². The average molecular weight is 327 g/mol. The first-order valence-electron chi connectivity index (χ1n) is 7.36. The third-order valence-corrected chi connectivity index (χ3v) is 4.50. The van der Waals surface area contributed by atoms with Gasteiger partial charge < -0.3 is 9.73 Å². The van der Waals surface area contributed by atoms with Crippen LogP contribution in [0.2, 0.25) is 0 Å². The zero-order chi connectivity index (χ0) is 16.2. The van der Waals surface area contributed by atoms with Crippen LogP contribution in [0.4, 0.5) is 5.69 Å². The third kappa shape index (κ3) is 3.65. The molecule has 0 spiro atoms. The molecule has 6 heteroatoms. The van der Waals surface area contributed by atoms with Crippen LogP contribution in [0.5, 0.6) is 0 Å². The number of aromatic nitrogens is 2. The van der Waals surface area contributed by atoms with E-state index in [4.69, 9.17) is 4.42 Å². The summed E-state index contributed by atoms with van der Waals surface area (Å²) in [6.45, 7) is 4.02. The number of nitrogens with zero attached hydrogens (tertiary/aromatic N) is 2. The molecule has 0 fully saturated rings. The van der Waals surface area contributed by atoms with Crippen molar-refractivity contribution >= 4 is 22.9 Å². The van der Waals surface area contributed by atoms with Crippen molar-refractivity contribution in [1.82, 2.24) is 10.2 Å². The van der Waals surface area contributed by atoms with E-state index in [9.17, 15) is 4.79 Å². The summed E-state index contributed by atoms with van der Waals surface area (Å²) in [5.41, 5.74) is 3.08. The summed E-state index contributed by atoms with van der Waals surface area (Å²) in [7, 11) is 0. The lowest BCUT2D eigenvalue weighted by molar-refractivity contribution is -0.116. The van der Waals surface area contributed by atoms with Gasteiger partial charge in [0.2, 0.25) is 11.8 Å². The van der Waals surface area contributed by atoms with Crippen LogP contribution in [-0.4, -0.2) is 16.1 Å². The van der Waals surface area contributed by atoms with E-state index in [1.54, 1.807) is 11.3 Å². The summed E-state index contributed by atoms with van der Waals surface area (Å²) in [6, 6.07) is 9.72. The summed E-state index contributed by atoms with van der Waals surface area (Å²) in [6.07, 6.45) is 0.731. The second kappa shape index (κ2) is 6.75. The molecule has 23 heavy (non-hydrogen) atoms. The molecule has 1 N–H and O–H groups in total. The number of thiophene rings is 1. The van der Waals surface area contributed by atoms with Crippen LogP contribution in [0.25, 0.3) is 10.8 Å². The van der Waals surface area contributed by atoms with E-state index < -0.39 is 0 Å². The molecule has 1 amide bonds. The van der Waals surface area contributed by atoms with Gasteiger partial charge in [-0.05, 0) is 42.5 Å². The van der Waals surface area contributed by atoms with Crippen molar-refractivity contribution in [3.63, 3.8) is 0 Å². The summed E-state index contributed by atoms with van der Waals surface area (Å²) >= 11 is 1.54. The number of carbonyl (C=O) groups is 1. The third-order valence-electron chi connectivity index (χ3n) is 3.64. The highest BCUT2D eigenvalue weighted by atomic mass is 32.1. The Bertz CT molecular complexity index is 809. The first kappa shape index (κ1) is 15.4. The maximum Gasteiger partial charge on any atom is 0.257 e. The number of amides is 1. The molecular formula is C17H17N3O2S. The number of hydrogen-bond donors (Lipinski definition) is 1. The zero-order valence-corrected chi connectivity index (χ0v) is 13.8. The molecule has 0 aliphatic carbocycles. The predicted molar refractivity (Wildman–Crippen MR) is 90.5 cm³/mol. The minimum atomic E-state index is -0.0606. The second-order valence-electron chi connectivity index (χ2n) is 5.27. The van der Waals surface area contributed by atoms with Gasteiger partial charge in [0.25, 0.3) is 5.89 Å². The van der Waals surface area contributed by atoms with E-state index in [0.29, 0.717) is 24.6 Å². The van der Waals surface area contributed by atoms with E-state index in [0.717, 1.165) is 21.7 Å². The number of carbonyl (C=O) groups excluding carboxylic acids is 1. The van der Waals surface area contributed by atoms with Gasteiger partial charge in [-0.2, -0.15) is 0 Å². The Morgan fingerprint density at radius 2 is 2.09 bits per heavy atom. The second-order valence-corrected chi connectivity index (χ2v) is 6.22. The SMILES string of the molecule is Cc1cccc(NC(=O)CCc2nnc(-c3cccs3)o2)c1C. The number of benzene rings is 1. The van der Waals surface area contributed by atoms with Gasteiger partial charge in [-0.1, -0.05) is 18.2 Å². The Balaban J connectivity index is 1.58. The molecule has 2 aromatic heterocycles. The molecule has 1 aromatic carbocycles. The summed E-state index contributed by atoms with van der Waals surface area (Å²) in [5, 5.41) is 12.9. The lowest BCUT2D eigenvalue weighted by atomic mass is 10.1. The van der Waals surface area contributed by atoms with Gasteiger partial charge >= 0.3 is 0 Å². The van der Waals surface area contributed by atoms with Crippen molar-refractivity contribution in [2.75, 3.05) is 5.32 Å². The number of nitrogens with one attached hydrogen (secondary N) is 1. The lowest BCUT2D eigenvalue weighted by Gasteiger charge is -2.09. The minimum Gasteiger partial charge on any atom is -0.420 e. The Morgan fingerprint density at radius 1 is 1.22 bits per heavy atom. The van der Waals surface area contributed by atoms with Gasteiger partial charge in [0.1, 0.15) is 0 Å². The van der Waals surface area contributed by atoms with E-state index in [-0.39, 0.29) is 5.91 Å². The Morgan fingerprint density at radius 3 is 2.87 bits per heavy atom. The summed E-state index contributed by atoms with van der Waals surface area (Å²) < 4.78 is 5.58. The standard InChI is InChI=1S/C17H17N3O2S/c1-11-5-3-6-13(12(11)2)18-15(21)8-9-16-19-20-17(22-16)14-7-4-10-23-14/h3-7,10H,8-9H2,1-2H3,(H,18,21). The molecule has 0 bridgehead atoms. The largest absolute Gasteiger partial charge is 0.420 e. The van der Waals surface area contributed by atoms with Gasteiger partial charge in [-0.15, -0.1) is 21.5 Å². The number of rotatable bonds is 5. The molecule has 0 atom stereocenters. The number of hydrogen-bond acceptors (Lipinski definition) is 5. The molecule has 0 radical (unpaired) electrons. The van der Waals surface area contributed by atoms with Crippen LogP contribution in [0.3, 0.4) is 0 Å². The molecule has 2 heterocycles. The predicted octanol–water partition coefficient (Wildman–Crippen LogP) is 3.99. The van der Waals surface area contributed by atoms with Crippen molar-refractivity contribution < 1.29 is 9.21 Å². The molecule has 0 saturated heterocycles. The zero-order valence-electron chi connectivity index (χ0n) is 13.0. The van der Waals surface area contributed by atoms with E-state index in [1.807, 2.05) is 49.6 Å². The van der Waals surface area contributed by atoms with Crippen molar-refractivity contribution in [1.29, 1.82) is 0 Å². The maximum absolute atomic E-state index is 12.1. The van der Waals surface area contributed by atoms with E-state index in [1.165, 1.54) is 0 Å². The minimum absolute atomic E-state index is 0.0606. The Labute approximate surface area is 138 Å². The first-order chi connectivity index (χ1) is 11.1. The monoisotopic (exact) mass is 327 g/mol. The van der Waals surface area contributed by atoms with Gasteiger partial charge in [0, 0.05) is 18.5 Å². The van der Waals surface area contributed by atoms with Crippen LogP contribution >= 0.6 is 11.3 Å². The molecule has 5 nitrogen and oxygen atoms in total. The van der Waals surface area contributed by atoms with Crippen LogP contribution in [0, 0.1) is 13.8 Å². The number of anilines is 1. The average Bonchev–Trinajstić information content (AvgIpc) is 3.20. The van der Waals surface area contributed by atoms with Gasteiger partial charge in [-0.3, -0.25) is 4.79 Å². The topological polar surface area (TPSA) is 68.0 Å². The molecular weight excluding hydrogens is 310 g/mol. The molecule has 118 valence electrons. The molecule has 3 rings (SSSR count). The van der Waals surface area contributed by atoms with Crippen molar-refractivity contribution in [2.45, 2.75) is 26.7 Å². The van der Waals surface area contributed by atoms with E-state index in [2.05, 4.69) is 15.5 Å². The fraction of sp³-hybridized carbons (Fsp3) is 0.235. The molecule has 3 aromatic rings. The lowest BCUT2D eigenvalue weighted by Crippen LogP contribution is -2.13. The van der Waals surface area contributed by atoms with Gasteiger partial charge in [-0.25, -0.2) is 0 Å². The Kier molecular flexibility index (Phi) is 4.52. The fourth-order valence-corrected chi connectivity index (χ4v) is 2.82. The Hall–Kier alpha value is -2.47. The van der Waals surface area contributed by atoms with Crippen molar-refractivity contribution in [3.05, 3.63) is 52.7 Å². The van der Waals surface area contributed by atoms with Crippen LogP contribution in [0.1, 0.15) is 23.4 Å².